The van der Waals surface area contributed by atoms with Crippen molar-refractivity contribution >= 4 is 21.1 Å². The van der Waals surface area contributed by atoms with Gasteiger partial charge in [0.1, 0.15) is 5.52 Å². The van der Waals surface area contributed by atoms with Crippen molar-refractivity contribution in [3.05, 3.63) is 86.6 Å². The van der Waals surface area contributed by atoms with Crippen LogP contribution in [0.15, 0.2) is 69.1 Å². The first-order valence-corrected chi connectivity index (χ1v) is 13.2. The van der Waals surface area contributed by atoms with Crippen molar-refractivity contribution < 1.29 is 8.42 Å². The Bertz CT molecular complexity index is 1730. The molecule has 0 spiro atoms. The van der Waals surface area contributed by atoms with Gasteiger partial charge in [0, 0.05) is 52.5 Å². The van der Waals surface area contributed by atoms with E-state index in [1.54, 1.807) is 49.5 Å². The van der Waals surface area contributed by atoms with E-state index in [-0.39, 0.29) is 4.90 Å². The van der Waals surface area contributed by atoms with Crippen LogP contribution in [0.2, 0.25) is 0 Å². The summed E-state index contributed by atoms with van der Waals surface area (Å²) in [7, 11) is -0.627. The molecule has 2 aromatic heterocycles. The highest BCUT2D eigenvalue weighted by atomic mass is 32.2. The third-order valence-corrected chi connectivity index (χ3v) is 8.79. The van der Waals surface area contributed by atoms with Crippen LogP contribution < -0.4 is 11.2 Å². The molecule has 1 saturated heterocycles. The molecule has 0 saturated carbocycles. The highest BCUT2D eigenvalue weighted by molar-refractivity contribution is 7.89. The number of rotatable bonds is 5. The third kappa shape index (κ3) is 4.51. The SMILES string of the molecule is Cn1c(=O)c2[nH]c(-c3ccc(S(=O)(=O)N4CCN(Cc5ccc(C#N)cc5)CC4)cc3)cc2n(C)c1=O. The fraction of sp³-hybridized carbons (Fsp3) is 0.269. The number of hydrogen-bond acceptors (Lipinski definition) is 6. The molecule has 1 N–H and O–H groups in total. The van der Waals surface area contributed by atoms with E-state index < -0.39 is 21.3 Å². The van der Waals surface area contributed by atoms with Crippen LogP contribution in [0.25, 0.3) is 22.3 Å². The normalized spacial score (nSPS) is 15.2. The Morgan fingerprint density at radius 2 is 1.57 bits per heavy atom. The molecule has 1 fully saturated rings. The van der Waals surface area contributed by atoms with E-state index >= 15 is 0 Å². The number of aromatic nitrogens is 3. The van der Waals surface area contributed by atoms with Gasteiger partial charge in [-0.1, -0.05) is 24.3 Å². The number of aryl methyl sites for hydroxylation is 1. The molecule has 10 nitrogen and oxygen atoms in total. The number of aromatic amines is 1. The lowest BCUT2D eigenvalue weighted by Crippen LogP contribution is -2.48. The molecular formula is C26H26N6O4S. The molecule has 5 rings (SSSR count). The molecule has 0 amide bonds. The number of fused-ring (bicyclic) bond motifs is 1. The zero-order valence-corrected chi connectivity index (χ0v) is 21.3. The molecule has 37 heavy (non-hydrogen) atoms. The van der Waals surface area contributed by atoms with E-state index in [4.69, 9.17) is 5.26 Å². The summed E-state index contributed by atoms with van der Waals surface area (Å²) in [6.07, 6.45) is 0. The Kier molecular flexibility index (Phi) is 6.33. The molecule has 1 aliphatic heterocycles. The van der Waals surface area contributed by atoms with E-state index in [0.29, 0.717) is 60.6 Å². The van der Waals surface area contributed by atoms with Crippen LogP contribution in [0.3, 0.4) is 0 Å². The lowest BCUT2D eigenvalue weighted by Gasteiger charge is -2.34. The first kappa shape index (κ1) is 24.7. The van der Waals surface area contributed by atoms with E-state index in [9.17, 15) is 18.0 Å². The standard InChI is InChI=1S/C26H26N6O4S/c1-29-23-15-22(28-24(23)25(33)30(2)26(29)34)20-7-9-21(10-8-20)37(35,36)32-13-11-31(12-14-32)17-19-5-3-18(16-27)4-6-19/h3-10,15,28H,11-14,17H2,1-2H3. The summed E-state index contributed by atoms with van der Waals surface area (Å²) in [5, 5.41) is 8.94. The van der Waals surface area contributed by atoms with E-state index in [0.717, 1.165) is 10.1 Å². The Morgan fingerprint density at radius 3 is 2.19 bits per heavy atom. The largest absolute Gasteiger partial charge is 0.349 e. The predicted molar refractivity (Wildman–Crippen MR) is 139 cm³/mol. The van der Waals surface area contributed by atoms with Gasteiger partial charge in [0.05, 0.1) is 22.0 Å². The second kappa shape index (κ2) is 9.48. The predicted octanol–water partition coefficient (Wildman–Crippen LogP) is 1.61. The maximum Gasteiger partial charge on any atom is 0.331 e. The smallest absolute Gasteiger partial charge is 0.331 e. The van der Waals surface area contributed by atoms with Crippen molar-refractivity contribution in [2.24, 2.45) is 14.1 Å². The van der Waals surface area contributed by atoms with Gasteiger partial charge in [-0.2, -0.15) is 9.57 Å². The van der Waals surface area contributed by atoms with Crippen LogP contribution in [0.5, 0.6) is 0 Å². The average molecular weight is 519 g/mol. The molecule has 3 heterocycles. The van der Waals surface area contributed by atoms with Gasteiger partial charge in [-0.15, -0.1) is 0 Å². The second-order valence-corrected chi connectivity index (χ2v) is 11.1. The fourth-order valence-corrected chi connectivity index (χ4v) is 6.06. The second-order valence-electron chi connectivity index (χ2n) is 9.16. The average Bonchev–Trinajstić information content (AvgIpc) is 3.37. The monoisotopic (exact) mass is 518 g/mol. The van der Waals surface area contributed by atoms with Gasteiger partial charge in [0.2, 0.25) is 10.0 Å². The van der Waals surface area contributed by atoms with Crippen molar-refractivity contribution in [1.29, 1.82) is 5.26 Å². The van der Waals surface area contributed by atoms with Gasteiger partial charge in [-0.05, 0) is 41.5 Å². The molecule has 0 unspecified atom stereocenters. The molecule has 2 aromatic carbocycles. The number of nitrogens with one attached hydrogen (secondary N) is 1. The maximum absolute atomic E-state index is 13.3. The summed E-state index contributed by atoms with van der Waals surface area (Å²) in [6.45, 7) is 2.70. The molecule has 0 radical (unpaired) electrons. The summed E-state index contributed by atoms with van der Waals surface area (Å²) >= 11 is 0. The Morgan fingerprint density at radius 1 is 0.919 bits per heavy atom. The third-order valence-electron chi connectivity index (χ3n) is 6.87. The fourth-order valence-electron chi connectivity index (χ4n) is 4.64. The number of nitrogens with zero attached hydrogens (tertiary/aromatic N) is 5. The van der Waals surface area contributed by atoms with E-state index in [1.165, 1.54) is 15.9 Å². The van der Waals surface area contributed by atoms with Crippen molar-refractivity contribution in [2.45, 2.75) is 11.4 Å². The van der Waals surface area contributed by atoms with Gasteiger partial charge >= 0.3 is 5.69 Å². The Labute approximate surface area is 213 Å². The highest BCUT2D eigenvalue weighted by Crippen LogP contribution is 2.25. The van der Waals surface area contributed by atoms with Crippen molar-refractivity contribution in [2.75, 3.05) is 26.2 Å². The van der Waals surface area contributed by atoms with Crippen LogP contribution in [0, 0.1) is 11.3 Å². The summed E-state index contributed by atoms with van der Waals surface area (Å²) in [5.41, 5.74) is 2.99. The number of benzene rings is 2. The number of nitriles is 1. The lowest BCUT2D eigenvalue weighted by molar-refractivity contribution is 0.181. The summed E-state index contributed by atoms with van der Waals surface area (Å²) in [4.78, 5) is 30.2. The number of piperazine rings is 1. The molecule has 4 aromatic rings. The van der Waals surface area contributed by atoms with Gasteiger partial charge in [-0.25, -0.2) is 13.2 Å². The minimum Gasteiger partial charge on any atom is -0.349 e. The molecule has 11 heteroatoms. The molecule has 0 bridgehead atoms. The van der Waals surface area contributed by atoms with Gasteiger partial charge < -0.3 is 4.98 Å². The van der Waals surface area contributed by atoms with Gasteiger partial charge in [-0.3, -0.25) is 18.8 Å². The van der Waals surface area contributed by atoms with Crippen LogP contribution in [0.4, 0.5) is 0 Å². The lowest BCUT2D eigenvalue weighted by atomic mass is 10.1. The molecule has 0 atom stereocenters. The Hall–Kier alpha value is -3.98. The summed E-state index contributed by atoms with van der Waals surface area (Å²) in [5.74, 6) is 0. The first-order valence-electron chi connectivity index (χ1n) is 11.8. The van der Waals surface area contributed by atoms with Crippen molar-refractivity contribution in [3.63, 3.8) is 0 Å². The maximum atomic E-state index is 13.3. The van der Waals surface area contributed by atoms with Gasteiger partial charge in [0.25, 0.3) is 5.56 Å². The zero-order chi connectivity index (χ0) is 26.3. The minimum atomic E-state index is -3.65. The molecule has 0 aliphatic carbocycles. The van der Waals surface area contributed by atoms with Crippen LogP contribution in [0.1, 0.15) is 11.1 Å². The zero-order valence-electron chi connectivity index (χ0n) is 20.5. The molecule has 1 aliphatic rings. The number of hydrogen-bond donors (Lipinski definition) is 1. The van der Waals surface area contributed by atoms with Crippen molar-refractivity contribution in [3.8, 4) is 17.3 Å². The highest BCUT2D eigenvalue weighted by Gasteiger charge is 2.28. The van der Waals surface area contributed by atoms with Crippen LogP contribution >= 0.6 is 0 Å². The van der Waals surface area contributed by atoms with Crippen molar-refractivity contribution in [1.82, 2.24) is 23.3 Å². The molecular weight excluding hydrogens is 492 g/mol. The summed E-state index contributed by atoms with van der Waals surface area (Å²) < 4.78 is 30.5. The first-order chi connectivity index (χ1) is 17.7. The minimum absolute atomic E-state index is 0.205. The van der Waals surface area contributed by atoms with Gasteiger partial charge in [0.15, 0.2) is 0 Å². The topological polar surface area (TPSA) is 124 Å². The number of sulfonamides is 1. The number of H-pyrrole nitrogens is 1. The van der Waals surface area contributed by atoms with E-state index in [1.807, 2.05) is 12.1 Å². The quantitative estimate of drug-likeness (QED) is 0.428. The Balaban J connectivity index is 1.30. The van der Waals surface area contributed by atoms with Crippen LogP contribution in [-0.4, -0.2) is 57.9 Å². The van der Waals surface area contributed by atoms with Crippen LogP contribution in [-0.2, 0) is 30.7 Å². The summed E-state index contributed by atoms with van der Waals surface area (Å²) in [6, 6.07) is 17.8. The van der Waals surface area contributed by atoms with E-state index in [2.05, 4.69) is 16.0 Å². The molecule has 190 valence electrons.